The van der Waals surface area contributed by atoms with Crippen molar-refractivity contribution in [1.82, 2.24) is 9.88 Å². The van der Waals surface area contributed by atoms with Crippen LogP contribution in [0.25, 0.3) is 0 Å². The Balaban J connectivity index is 1.85. The Bertz CT molecular complexity index is 1200. The maximum absolute atomic E-state index is 12.8. The number of carbonyl (C=O) groups is 2. The van der Waals surface area contributed by atoms with Gasteiger partial charge in [0.15, 0.2) is 0 Å². The Hall–Kier alpha value is -4.36. The molecule has 0 radical (unpaired) electrons. The van der Waals surface area contributed by atoms with E-state index >= 15 is 0 Å². The van der Waals surface area contributed by atoms with Crippen LogP contribution >= 0.6 is 0 Å². The number of hydrogen-bond donors (Lipinski definition) is 1. The van der Waals surface area contributed by atoms with Crippen molar-refractivity contribution in [3.05, 3.63) is 94.3 Å². The summed E-state index contributed by atoms with van der Waals surface area (Å²) >= 11 is 0. The third kappa shape index (κ3) is 5.84. The minimum atomic E-state index is -0.499. The van der Waals surface area contributed by atoms with Gasteiger partial charge in [0, 0.05) is 18.9 Å². The molecule has 0 spiro atoms. The summed E-state index contributed by atoms with van der Waals surface area (Å²) in [6, 6.07) is 18.7. The lowest BCUT2D eigenvalue weighted by Crippen LogP contribution is -2.31. The molecule has 1 N–H and O–H groups in total. The van der Waals surface area contributed by atoms with Crippen molar-refractivity contribution in [3.63, 3.8) is 0 Å². The molecule has 0 bridgehead atoms. The Morgan fingerprint density at radius 1 is 1.00 bits per heavy atom. The summed E-state index contributed by atoms with van der Waals surface area (Å²) < 4.78 is 6.76. The monoisotopic (exact) mass is 426 g/mol. The van der Waals surface area contributed by atoms with Gasteiger partial charge >= 0.3 is 5.97 Å². The van der Waals surface area contributed by atoms with E-state index < -0.39 is 5.97 Å². The maximum atomic E-state index is 12.8. The minimum absolute atomic E-state index is 0.211. The molecule has 0 fully saturated rings. The molecule has 0 unspecified atom stereocenters. The summed E-state index contributed by atoms with van der Waals surface area (Å²) in [6.07, 6.45) is 4.08. The van der Waals surface area contributed by atoms with Gasteiger partial charge in [0.1, 0.15) is 6.54 Å². The molecule has 7 heteroatoms. The van der Waals surface area contributed by atoms with Crippen LogP contribution in [0.4, 0.5) is 0 Å². The lowest BCUT2D eigenvalue weighted by atomic mass is 10.0. The first-order chi connectivity index (χ1) is 15.5. The van der Waals surface area contributed by atoms with E-state index in [0.717, 1.165) is 16.7 Å². The number of nitriles is 2. The number of hydrogen-bond acceptors (Lipinski definition) is 5. The number of rotatable bonds is 8. The number of benzene rings is 2. The zero-order chi connectivity index (χ0) is 22.9. The highest BCUT2D eigenvalue weighted by Gasteiger charge is 2.17. The van der Waals surface area contributed by atoms with Crippen LogP contribution in [0.5, 0.6) is 0 Å². The first-order valence-electron chi connectivity index (χ1n) is 10.1. The molecular formula is C25H22N4O3. The average Bonchev–Trinajstić information content (AvgIpc) is 3.20. The fourth-order valence-electron chi connectivity index (χ4n) is 3.32. The Kier molecular flexibility index (Phi) is 7.40. The van der Waals surface area contributed by atoms with Crippen molar-refractivity contribution in [1.29, 1.82) is 10.5 Å². The first kappa shape index (κ1) is 22.3. The van der Waals surface area contributed by atoms with Crippen LogP contribution < -0.4 is 5.32 Å². The molecule has 3 rings (SSSR count). The summed E-state index contributed by atoms with van der Waals surface area (Å²) in [6.45, 7) is 2.26. The molecule has 3 aromatic rings. The van der Waals surface area contributed by atoms with E-state index in [4.69, 9.17) is 15.3 Å². The van der Waals surface area contributed by atoms with Crippen LogP contribution in [-0.4, -0.2) is 29.6 Å². The van der Waals surface area contributed by atoms with E-state index in [1.165, 1.54) is 0 Å². The largest absolute Gasteiger partial charge is 0.465 e. The molecule has 32 heavy (non-hydrogen) atoms. The number of carbonyl (C=O) groups excluding carboxylic acids is 2. The summed E-state index contributed by atoms with van der Waals surface area (Å²) in [5.74, 6) is -0.871. The van der Waals surface area contributed by atoms with Crippen LogP contribution in [-0.2, 0) is 22.5 Å². The van der Waals surface area contributed by atoms with Crippen LogP contribution in [0.15, 0.2) is 60.9 Å². The average molecular weight is 426 g/mol. The summed E-state index contributed by atoms with van der Waals surface area (Å²) in [5, 5.41) is 20.7. The smallest absolute Gasteiger partial charge is 0.325 e. The van der Waals surface area contributed by atoms with Crippen molar-refractivity contribution in [3.8, 4) is 12.1 Å². The third-order valence-corrected chi connectivity index (χ3v) is 4.80. The number of aromatic nitrogens is 1. The molecule has 160 valence electrons. The van der Waals surface area contributed by atoms with E-state index in [-0.39, 0.29) is 19.1 Å². The second-order valence-electron chi connectivity index (χ2n) is 7.15. The molecule has 0 aliphatic carbocycles. The van der Waals surface area contributed by atoms with Crippen LogP contribution in [0.1, 0.15) is 45.1 Å². The van der Waals surface area contributed by atoms with Crippen molar-refractivity contribution in [2.45, 2.75) is 19.9 Å². The molecular weight excluding hydrogens is 404 g/mol. The van der Waals surface area contributed by atoms with Gasteiger partial charge in [-0.15, -0.1) is 0 Å². The minimum Gasteiger partial charge on any atom is -0.465 e. The molecule has 1 aromatic heterocycles. The van der Waals surface area contributed by atoms with E-state index in [1.54, 1.807) is 37.4 Å². The molecule has 0 saturated carbocycles. The molecule has 2 aromatic carbocycles. The van der Waals surface area contributed by atoms with Crippen molar-refractivity contribution < 1.29 is 14.3 Å². The SMILES string of the molecule is CCOC(=O)CNC(=O)c1cn(Cc2ccc(C#N)cc2)cc1Cc1cccc(C#N)c1. The van der Waals surface area contributed by atoms with Crippen molar-refractivity contribution in [2.75, 3.05) is 13.2 Å². The quantitative estimate of drug-likeness (QED) is 0.557. The van der Waals surface area contributed by atoms with Gasteiger partial charge in [-0.3, -0.25) is 9.59 Å². The van der Waals surface area contributed by atoms with E-state index in [2.05, 4.69) is 17.5 Å². The van der Waals surface area contributed by atoms with Gasteiger partial charge in [0.25, 0.3) is 5.91 Å². The van der Waals surface area contributed by atoms with Gasteiger partial charge in [-0.05, 0) is 54.3 Å². The highest BCUT2D eigenvalue weighted by Crippen LogP contribution is 2.18. The first-order valence-corrected chi connectivity index (χ1v) is 10.1. The fourth-order valence-corrected chi connectivity index (χ4v) is 3.32. The number of nitrogens with zero attached hydrogens (tertiary/aromatic N) is 3. The van der Waals surface area contributed by atoms with E-state index in [0.29, 0.717) is 29.7 Å². The van der Waals surface area contributed by atoms with E-state index in [1.807, 2.05) is 35.0 Å². The Labute approximate surface area is 186 Å². The number of esters is 1. The molecule has 1 heterocycles. The molecule has 1 amide bonds. The molecule has 7 nitrogen and oxygen atoms in total. The summed E-state index contributed by atoms with van der Waals surface area (Å²) in [5.41, 5.74) is 4.24. The topological polar surface area (TPSA) is 108 Å². The van der Waals surface area contributed by atoms with Gasteiger partial charge in [0.2, 0.25) is 0 Å². The van der Waals surface area contributed by atoms with Crippen LogP contribution in [0.2, 0.25) is 0 Å². The molecule has 0 saturated heterocycles. The van der Waals surface area contributed by atoms with Gasteiger partial charge in [0.05, 0.1) is 35.4 Å². The highest BCUT2D eigenvalue weighted by atomic mass is 16.5. The molecule has 0 atom stereocenters. The Morgan fingerprint density at radius 3 is 2.44 bits per heavy atom. The predicted molar refractivity (Wildman–Crippen MR) is 118 cm³/mol. The lowest BCUT2D eigenvalue weighted by Gasteiger charge is -2.06. The maximum Gasteiger partial charge on any atom is 0.325 e. The zero-order valence-corrected chi connectivity index (χ0v) is 17.7. The zero-order valence-electron chi connectivity index (χ0n) is 17.7. The summed E-state index contributed by atoms with van der Waals surface area (Å²) in [4.78, 5) is 24.4. The van der Waals surface area contributed by atoms with Crippen molar-refractivity contribution >= 4 is 11.9 Å². The normalized spacial score (nSPS) is 10.1. The number of amides is 1. The number of nitrogens with one attached hydrogen (secondary N) is 1. The van der Waals surface area contributed by atoms with E-state index in [9.17, 15) is 9.59 Å². The highest BCUT2D eigenvalue weighted by molar-refractivity contribution is 5.97. The summed E-state index contributed by atoms with van der Waals surface area (Å²) in [7, 11) is 0. The van der Waals surface area contributed by atoms with Gasteiger partial charge in [-0.25, -0.2) is 0 Å². The van der Waals surface area contributed by atoms with Crippen LogP contribution in [0, 0.1) is 22.7 Å². The number of ether oxygens (including phenoxy) is 1. The fraction of sp³-hybridized carbons (Fsp3) is 0.200. The Morgan fingerprint density at radius 2 is 1.75 bits per heavy atom. The van der Waals surface area contributed by atoms with Gasteiger partial charge in [-0.1, -0.05) is 24.3 Å². The standard InChI is InChI=1S/C25H22N4O3/c1-2-32-24(30)14-28-25(31)23-17-29(15-19-8-6-18(12-26)7-9-19)16-22(23)11-20-4-3-5-21(10-20)13-27/h3-10,16-17H,2,11,14-15H2,1H3,(H,28,31). The molecule has 0 aliphatic heterocycles. The lowest BCUT2D eigenvalue weighted by molar-refractivity contribution is -0.141. The molecule has 0 aliphatic rings. The van der Waals surface area contributed by atoms with Crippen LogP contribution in [0.3, 0.4) is 0 Å². The third-order valence-electron chi connectivity index (χ3n) is 4.80. The predicted octanol–water partition coefficient (Wildman–Crippen LogP) is 3.16. The van der Waals surface area contributed by atoms with Crippen molar-refractivity contribution in [2.24, 2.45) is 0 Å². The second-order valence-corrected chi connectivity index (χ2v) is 7.15. The van der Waals surface area contributed by atoms with Gasteiger partial charge in [-0.2, -0.15) is 10.5 Å². The second kappa shape index (κ2) is 10.6. The van der Waals surface area contributed by atoms with Gasteiger partial charge < -0.3 is 14.6 Å².